The van der Waals surface area contributed by atoms with E-state index in [1.54, 1.807) is 17.1 Å². The lowest BCUT2D eigenvalue weighted by molar-refractivity contribution is 0.813. The zero-order valence-electron chi connectivity index (χ0n) is 7.26. The van der Waals surface area contributed by atoms with Gasteiger partial charge in [-0.1, -0.05) is 0 Å². The molecule has 2 aromatic rings. The highest BCUT2D eigenvalue weighted by Crippen LogP contribution is 2.12. The first-order valence-electron chi connectivity index (χ1n) is 4.01. The summed E-state index contributed by atoms with van der Waals surface area (Å²) in [5.74, 6) is 0.716. The summed E-state index contributed by atoms with van der Waals surface area (Å²) in [5, 5.41) is 4.12. The van der Waals surface area contributed by atoms with Crippen LogP contribution in [0.4, 0.5) is 0 Å². The highest BCUT2D eigenvalue weighted by molar-refractivity contribution is 9.10. The molecule has 0 aliphatic carbocycles. The van der Waals surface area contributed by atoms with Gasteiger partial charge in [0.25, 0.3) is 0 Å². The molecule has 2 aromatic heterocycles. The summed E-state index contributed by atoms with van der Waals surface area (Å²) in [4.78, 5) is 8.03. The van der Waals surface area contributed by atoms with Crippen LogP contribution in [0.2, 0.25) is 0 Å². The second kappa shape index (κ2) is 3.85. The zero-order chi connectivity index (χ0) is 9.97. The van der Waals surface area contributed by atoms with Gasteiger partial charge in [0.1, 0.15) is 6.33 Å². The summed E-state index contributed by atoms with van der Waals surface area (Å²) >= 11 is 3.32. The third kappa shape index (κ3) is 1.66. The van der Waals surface area contributed by atoms with Crippen molar-refractivity contribution in [3.8, 4) is 5.82 Å². The normalized spacial score (nSPS) is 10.4. The predicted molar refractivity (Wildman–Crippen MR) is 54.7 cm³/mol. The molecule has 0 aromatic carbocycles. The standard InChI is InChI=1S/C8H8BrN5/c9-7-3-13-14(4-7)8-6(1-10)2-11-5-12-8/h2-5H,1,10H2. The highest BCUT2D eigenvalue weighted by Gasteiger charge is 2.05. The van der Waals surface area contributed by atoms with E-state index in [-0.39, 0.29) is 0 Å². The molecule has 0 bridgehead atoms. The minimum Gasteiger partial charge on any atom is -0.326 e. The molecule has 0 saturated carbocycles. The molecule has 0 unspecified atom stereocenters. The summed E-state index contributed by atoms with van der Waals surface area (Å²) in [7, 11) is 0. The quantitative estimate of drug-likeness (QED) is 0.863. The number of nitrogens with two attached hydrogens (primary N) is 1. The van der Waals surface area contributed by atoms with Crippen LogP contribution in [0.5, 0.6) is 0 Å². The molecular formula is C8H8BrN5. The van der Waals surface area contributed by atoms with Crippen LogP contribution in [0, 0.1) is 0 Å². The maximum Gasteiger partial charge on any atom is 0.161 e. The Morgan fingerprint density at radius 3 is 2.93 bits per heavy atom. The van der Waals surface area contributed by atoms with Gasteiger partial charge in [0.15, 0.2) is 5.82 Å². The van der Waals surface area contributed by atoms with Gasteiger partial charge in [0.05, 0.1) is 10.7 Å². The summed E-state index contributed by atoms with van der Waals surface area (Å²) in [6.45, 7) is 0.396. The van der Waals surface area contributed by atoms with E-state index in [0.717, 1.165) is 10.0 Å². The van der Waals surface area contributed by atoms with Crippen molar-refractivity contribution >= 4 is 15.9 Å². The fraction of sp³-hybridized carbons (Fsp3) is 0.125. The van der Waals surface area contributed by atoms with Crippen molar-refractivity contribution in [2.45, 2.75) is 6.54 Å². The van der Waals surface area contributed by atoms with Crippen molar-refractivity contribution < 1.29 is 0 Å². The molecule has 2 rings (SSSR count). The number of hydrogen-bond donors (Lipinski definition) is 1. The topological polar surface area (TPSA) is 69.6 Å². The first-order chi connectivity index (χ1) is 6.81. The Kier molecular flexibility index (Phi) is 2.55. The Labute approximate surface area is 89.1 Å². The SMILES string of the molecule is NCc1cncnc1-n1cc(Br)cn1. The Balaban J connectivity index is 2.50. The predicted octanol–water partition coefficient (Wildman–Crippen LogP) is 0.883. The number of hydrogen-bond acceptors (Lipinski definition) is 4. The van der Waals surface area contributed by atoms with Gasteiger partial charge >= 0.3 is 0 Å². The van der Waals surface area contributed by atoms with Gasteiger partial charge in [-0.15, -0.1) is 0 Å². The maximum absolute atomic E-state index is 5.56. The van der Waals surface area contributed by atoms with Gasteiger partial charge in [-0.05, 0) is 15.9 Å². The van der Waals surface area contributed by atoms with Crippen molar-refractivity contribution in [2.24, 2.45) is 5.73 Å². The van der Waals surface area contributed by atoms with Gasteiger partial charge in [-0.2, -0.15) is 5.10 Å². The lowest BCUT2D eigenvalue weighted by Gasteiger charge is -2.04. The average molecular weight is 254 g/mol. The van der Waals surface area contributed by atoms with E-state index in [1.165, 1.54) is 6.33 Å². The molecule has 0 spiro atoms. The number of aromatic nitrogens is 4. The summed E-state index contributed by atoms with van der Waals surface area (Å²) in [6, 6.07) is 0. The van der Waals surface area contributed by atoms with Gasteiger partial charge in [0.2, 0.25) is 0 Å². The van der Waals surface area contributed by atoms with Crippen molar-refractivity contribution in [2.75, 3.05) is 0 Å². The number of halogens is 1. The lowest BCUT2D eigenvalue weighted by atomic mass is 10.3. The van der Waals surface area contributed by atoms with Crippen molar-refractivity contribution in [3.63, 3.8) is 0 Å². The summed E-state index contributed by atoms with van der Waals surface area (Å²) in [6.07, 6.45) is 6.69. The monoisotopic (exact) mass is 253 g/mol. The van der Waals surface area contributed by atoms with Gasteiger partial charge in [-0.25, -0.2) is 14.6 Å². The van der Waals surface area contributed by atoms with Gasteiger partial charge in [0, 0.05) is 24.5 Å². The second-order valence-electron chi connectivity index (χ2n) is 2.68. The lowest BCUT2D eigenvalue weighted by Crippen LogP contribution is -2.07. The smallest absolute Gasteiger partial charge is 0.161 e. The molecule has 0 amide bonds. The minimum absolute atomic E-state index is 0.396. The van der Waals surface area contributed by atoms with Crippen LogP contribution < -0.4 is 5.73 Å². The van der Waals surface area contributed by atoms with Crippen LogP contribution in [0.25, 0.3) is 5.82 Å². The molecule has 14 heavy (non-hydrogen) atoms. The molecule has 6 heteroatoms. The largest absolute Gasteiger partial charge is 0.326 e. The molecule has 0 saturated heterocycles. The van der Waals surface area contributed by atoms with Crippen LogP contribution in [0.3, 0.4) is 0 Å². The van der Waals surface area contributed by atoms with E-state index in [0.29, 0.717) is 12.4 Å². The molecule has 0 atom stereocenters. The third-order valence-corrected chi connectivity index (χ3v) is 2.16. The molecule has 0 aliphatic heterocycles. The first kappa shape index (κ1) is 9.29. The molecule has 0 fully saturated rings. The number of rotatable bonds is 2. The Morgan fingerprint density at radius 2 is 2.29 bits per heavy atom. The van der Waals surface area contributed by atoms with E-state index >= 15 is 0 Å². The van der Waals surface area contributed by atoms with Crippen molar-refractivity contribution in [1.29, 1.82) is 0 Å². The minimum atomic E-state index is 0.396. The number of nitrogens with zero attached hydrogens (tertiary/aromatic N) is 4. The van der Waals surface area contributed by atoms with Crippen LogP contribution in [0.1, 0.15) is 5.56 Å². The first-order valence-corrected chi connectivity index (χ1v) is 4.80. The maximum atomic E-state index is 5.56. The summed E-state index contributed by atoms with van der Waals surface area (Å²) in [5.41, 5.74) is 6.43. The Hall–Kier alpha value is -1.27. The van der Waals surface area contributed by atoms with Gasteiger partial charge < -0.3 is 5.73 Å². The fourth-order valence-corrected chi connectivity index (χ4v) is 1.40. The van der Waals surface area contributed by atoms with E-state index in [2.05, 4.69) is 31.0 Å². The van der Waals surface area contributed by atoms with Crippen LogP contribution in [0.15, 0.2) is 29.4 Å². The fourth-order valence-electron chi connectivity index (χ4n) is 1.12. The summed E-state index contributed by atoms with van der Waals surface area (Å²) < 4.78 is 2.56. The van der Waals surface area contributed by atoms with Crippen molar-refractivity contribution in [1.82, 2.24) is 19.7 Å². The van der Waals surface area contributed by atoms with Crippen LogP contribution in [-0.4, -0.2) is 19.7 Å². The van der Waals surface area contributed by atoms with Crippen molar-refractivity contribution in [3.05, 3.63) is 35.0 Å². The van der Waals surface area contributed by atoms with E-state index in [9.17, 15) is 0 Å². The van der Waals surface area contributed by atoms with Crippen LogP contribution >= 0.6 is 15.9 Å². The highest BCUT2D eigenvalue weighted by atomic mass is 79.9. The average Bonchev–Trinajstić information content (AvgIpc) is 2.65. The van der Waals surface area contributed by atoms with E-state index in [4.69, 9.17) is 5.73 Å². The van der Waals surface area contributed by atoms with E-state index in [1.807, 2.05) is 6.20 Å². The Morgan fingerprint density at radius 1 is 1.43 bits per heavy atom. The zero-order valence-corrected chi connectivity index (χ0v) is 8.85. The molecule has 0 aliphatic rings. The molecule has 0 radical (unpaired) electrons. The molecular weight excluding hydrogens is 246 g/mol. The van der Waals surface area contributed by atoms with Crippen LogP contribution in [-0.2, 0) is 6.54 Å². The molecule has 72 valence electrons. The van der Waals surface area contributed by atoms with Gasteiger partial charge in [-0.3, -0.25) is 0 Å². The Bertz CT molecular complexity index is 439. The molecule has 5 nitrogen and oxygen atoms in total. The molecule has 2 N–H and O–H groups in total. The molecule has 2 heterocycles. The van der Waals surface area contributed by atoms with E-state index < -0.39 is 0 Å². The second-order valence-corrected chi connectivity index (χ2v) is 3.59. The third-order valence-electron chi connectivity index (χ3n) is 1.75.